The van der Waals surface area contributed by atoms with Gasteiger partial charge in [-0.05, 0) is 12.1 Å². The Bertz CT molecular complexity index is 1260. The third kappa shape index (κ3) is 7.92. The van der Waals surface area contributed by atoms with Crippen molar-refractivity contribution in [1.82, 2.24) is 24.9 Å². The molecule has 1 N–H and O–H groups in total. The van der Waals surface area contributed by atoms with Crippen LogP contribution >= 0.6 is 0 Å². The molecule has 4 aromatic rings. The summed E-state index contributed by atoms with van der Waals surface area (Å²) in [5.74, 6) is -2.00. The van der Waals surface area contributed by atoms with Crippen molar-refractivity contribution in [2.45, 2.75) is 47.1 Å². The van der Waals surface area contributed by atoms with E-state index in [4.69, 9.17) is 9.63 Å². The molecular weight excluding hydrogens is 482 g/mol. The van der Waals surface area contributed by atoms with E-state index >= 15 is 0 Å². The zero-order valence-corrected chi connectivity index (χ0v) is 21.7. The fraction of sp³-hybridized carbons (Fsp3) is 0.346. The molecular formula is C26H32F2N6O3. The fourth-order valence-corrected chi connectivity index (χ4v) is 3.10. The molecule has 0 saturated carbocycles. The lowest BCUT2D eigenvalue weighted by molar-refractivity contribution is -0.136. The highest BCUT2D eigenvalue weighted by Gasteiger charge is 2.19. The summed E-state index contributed by atoms with van der Waals surface area (Å²) in [4.78, 5) is 20.5. The van der Waals surface area contributed by atoms with Crippen molar-refractivity contribution >= 4 is 11.8 Å². The molecule has 0 atom stereocenters. The van der Waals surface area contributed by atoms with Crippen LogP contribution in [0, 0.1) is 11.6 Å². The lowest BCUT2D eigenvalue weighted by atomic mass is 10.2. The van der Waals surface area contributed by atoms with Gasteiger partial charge in [0.2, 0.25) is 0 Å². The summed E-state index contributed by atoms with van der Waals surface area (Å²) < 4.78 is 35.0. The van der Waals surface area contributed by atoms with Crippen molar-refractivity contribution in [2.75, 3.05) is 18.5 Å². The van der Waals surface area contributed by atoms with Crippen LogP contribution in [0.3, 0.4) is 0 Å². The number of benzene rings is 1. The Morgan fingerprint density at radius 2 is 1.81 bits per heavy atom. The molecule has 1 aromatic carbocycles. The summed E-state index contributed by atoms with van der Waals surface area (Å²) in [6.45, 7) is 8.43. The number of carboxylic acid groups (broad SMARTS) is 1. The number of rotatable bonds is 8. The molecule has 0 fully saturated rings. The maximum atomic E-state index is 14.3. The van der Waals surface area contributed by atoms with E-state index in [9.17, 15) is 13.6 Å². The first kappa shape index (κ1) is 29.1. The van der Waals surface area contributed by atoms with Crippen molar-refractivity contribution in [3.63, 3.8) is 0 Å². The number of hydrogen-bond acceptors (Lipinski definition) is 7. The van der Waals surface area contributed by atoms with Gasteiger partial charge in [-0.2, -0.15) is 5.10 Å². The van der Waals surface area contributed by atoms with Crippen LogP contribution in [-0.4, -0.2) is 49.6 Å². The summed E-state index contributed by atoms with van der Waals surface area (Å²) in [6, 6.07) is 9.61. The third-order valence-electron chi connectivity index (χ3n) is 4.74. The van der Waals surface area contributed by atoms with Gasteiger partial charge in [0.05, 0.1) is 24.9 Å². The van der Waals surface area contributed by atoms with Gasteiger partial charge >= 0.3 is 5.97 Å². The maximum Gasteiger partial charge on any atom is 0.305 e. The minimum absolute atomic E-state index is 0.0529. The van der Waals surface area contributed by atoms with Gasteiger partial charge in [0.15, 0.2) is 17.5 Å². The Morgan fingerprint density at radius 3 is 2.43 bits per heavy atom. The number of nitrogens with zero attached hydrogens (tertiary/aromatic N) is 6. The maximum absolute atomic E-state index is 14.3. The molecule has 3 aromatic heterocycles. The van der Waals surface area contributed by atoms with Crippen LogP contribution < -0.4 is 4.90 Å². The largest absolute Gasteiger partial charge is 0.481 e. The van der Waals surface area contributed by atoms with E-state index in [-0.39, 0.29) is 37.0 Å². The van der Waals surface area contributed by atoms with Gasteiger partial charge in [-0.15, -0.1) is 0 Å². The quantitative estimate of drug-likeness (QED) is 0.320. The van der Waals surface area contributed by atoms with Gasteiger partial charge in [0.1, 0.15) is 23.5 Å². The van der Waals surface area contributed by atoms with Gasteiger partial charge in [0, 0.05) is 25.2 Å². The second kappa shape index (κ2) is 14.4. The number of carboxylic acids is 1. The van der Waals surface area contributed by atoms with Crippen molar-refractivity contribution in [3.05, 3.63) is 66.1 Å². The molecule has 0 bridgehead atoms. The summed E-state index contributed by atoms with van der Waals surface area (Å²) in [5, 5.41) is 17.3. The highest BCUT2D eigenvalue weighted by molar-refractivity contribution is 5.67. The molecule has 37 heavy (non-hydrogen) atoms. The molecule has 0 saturated heterocycles. The van der Waals surface area contributed by atoms with Crippen LogP contribution in [0.4, 0.5) is 14.6 Å². The van der Waals surface area contributed by atoms with Gasteiger partial charge in [-0.1, -0.05) is 57.5 Å². The third-order valence-corrected chi connectivity index (χ3v) is 4.74. The first-order chi connectivity index (χ1) is 17.8. The van der Waals surface area contributed by atoms with Crippen molar-refractivity contribution in [1.29, 1.82) is 0 Å². The standard InChI is InChI=1S/C21H18F2N6O3.C3H8.C2H6/c1-28(8-6-19(30)31)21-15(23)11-24-20(25-21)17-10-18(16-7-9-32-27-16)29(26-17)12-13-4-2-3-5-14(13)22;1-3-2;1-2/h2-5,7,9-11H,6,8,12H2,1H3,(H,30,31);3H2,1-2H3;1-2H3. The number of carbonyl (C=O) groups is 1. The Hall–Kier alpha value is -4.15. The number of aromatic nitrogens is 5. The summed E-state index contributed by atoms with van der Waals surface area (Å²) in [7, 11) is 1.54. The smallest absolute Gasteiger partial charge is 0.305 e. The Balaban J connectivity index is 0.000000898. The molecule has 0 aliphatic carbocycles. The molecule has 4 rings (SSSR count). The topological polar surface area (TPSA) is 110 Å². The number of halogens is 2. The van der Waals surface area contributed by atoms with E-state index in [0.717, 1.165) is 6.20 Å². The van der Waals surface area contributed by atoms with Gasteiger partial charge in [-0.3, -0.25) is 9.48 Å². The van der Waals surface area contributed by atoms with E-state index in [1.165, 1.54) is 35.4 Å². The zero-order valence-electron chi connectivity index (χ0n) is 21.7. The highest BCUT2D eigenvalue weighted by atomic mass is 19.1. The second-order valence-electron chi connectivity index (χ2n) is 7.69. The minimum Gasteiger partial charge on any atom is -0.481 e. The zero-order chi connectivity index (χ0) is 27.4. The van der Waals surface area contributed by atoms with Crippen molar-refractivity contribution in [3.8, 4) is 22.9 Å². The molecule has 0 radical (unpaired) electrons. The molecule has 0 aliphatic rings. The van der Waals surface area contributed by atoms with E-state index in [1.807, 2.05) is 13.8 Å². The Morgan fingerprint density at radius 1 is 1.11 bits per heavy atom. The van der Waals surface area contributed by atoms with Crippen LogP contribution in [0.2, 0.25) is 0 Å². The molecule has 3 heterocycles. The van der Waals surface area contributed by atoms with E-state index in [2.05, 4.69) is 34.1 Å². The van der Waals surface area contributed by atoms with Gasteiger partial charge in [0.25, 0.3) is 0 Å². The Kier molecular flexibility index (Phi) is 11.3. The number of aliphatic carboxylic acids is 1. The second-order valence-corrected chi connectivity index (χ2v) is 7.69. The summed E-state index contributed by atoms with van der Waals surface area (Å²) in [6.07, 6.45) is 3.47. The van der Waals surface area contributed by atoms with Crippen LogP contribution in [0.15, 0.2) is 53.4 Å². The van der Waals surface area contributed by atoms with Gasteiger partial charge in [-0.25, -0.2) is 18.7 Å². The number of hydrogen-bond donors (Lipinski definition) is 1. The normalized spacial score (nSPS) is 10.1. The summed E-state index contributed by atoms with van der Waals surface area (Å²) >= 11 is 0. The summed E-state index contributed by atoms with van der Waals surface area (Å²) in [5.41, 5.74) is 1.74. The molecule has 0 unspecified atom stereocenters. The SMILES string of the molecule is CC.CCC.CN(CCC(=O)O)c1nc(-c2cc(-c3ccon3)n(Cc3ccccc3F)n2)ncc1F. The number of anilines is 1. The predicted molar refractivity (Wildman–Crippen MR) is 137 cm³/mol. The van der Waals surface area contributed by atoms with Crippen LogP contribution in [-0.2, 0) is 11.3 Å². The molecule has 0 amide bonds. The van der Waals surface area contributed by atoms with E-state index < -0.39 is 11.8 Å². The predicted octanol–water partition coefficient (Wildman–Crippen LogP) is 5.68. The van der Waals surface area contributed by atoms with Gasteiger partial charge < -0.3 is 14.5 Å². The average molecular weight is 515 g/mol. The Labute approximate surface area is 214 Å². The minimum atomic E-state index is -1.00. The van der Waals surface area contributed by atoms with E-state index in [1.54, 1.807) is 30.3 Å². The molecule has 9 nitrogen and oxygen atoms in total. The highest BCUT2D eigenvalue weighted by Crippen LogP contribution is 2.26. The molecule has 11 heteroatoms. The molecule has 0 aliphatic heterocycles. The van der Waals surface area contributed by atoms with Crippen LogP contribution in [0.25, 0.3) is 22.9 Å². The van der Waals surface area contributed by atoms with Crippen molar-refractivity contribution < 1.29 is 23.2 Å². The fourth-order valence-electron chi connectivity index (χ4n) is 3.10. The average Bonchev–Trinajstić information content (AvgIpc) is 3.56. The van der Waals surface area contributed by atoms with E-state index in [0.29, 0.717) is 22.6 Å². The lowest BCUT2D eigenvalue weighted by Crippen LogP contribution is -2.23. The van der Waals surface area contributed by atoms with Crippen LogP contribution in [0.5, 0.6) is 0 Å². The van der Waals surface area contributed by atoms with Crippen LogP contribution in [0.1, 0.15) is 46.1 Å². The lowest BCUT2D eigenvalue weighted by Gasteiger charge is -2.17. The molecule has 0 spiro atoms. The molecule has 198 valence electrons. The van der Waals surface area contributed by atoms with Crippen molar-refractivity contribution in [2.24, 2.45) is 0 Å². The first-order valence-corrected chi connectivity index (χ1v) is 12.0. The monoisotopic (exact) mass is 514 g/mol. The first-order valence-electron chi connectivity index (χ1n) is 12.0.